The molecule has 3 aliphatic rings. The van der Waals surface area contributed by atoms with Crippen molar-refractivity contribution in [3.63, 3.8) is 0 Å². The van der Waals surface area contributed by atoms with Gasteiger partial charge in [-0.2, -0.15) is 18.3 Å². The van der Waals surface area contributed by atoms with Crippen LogP contribution in [0.15, 0.2) is 27.2 Å². The number of hydrogen-bond donors (Lipinski definition) is 1. The van der Waals surface area contributed by atoms with Crippen molar-refractivity contribution < 1.29 is 17.6 Å². The zero-order valence-corrected chi connectivity index (χ0v) is 13.9. The van der Waals surface area contributed by atoms with E-state index in [2.05, 4.69) is 20.4 Å². The van der Waals surface area contributed by atoms with Gasteiger partial charge in [-0.3, -0.25) is 4.99 Å². The summed E-state index contributed by atoms with van der Waals surface area (Å²) in [6.07, 6.45) is -3.33. The summed E-state index contributed by atoms with van der Waals surface area (Å²) in [7, 11) is 0. The smallest absolute Gasteiger partial charge is 0.351 e. The van der Waals surface area contributed by atoms with Crippen molar-refractivity contribution >= 4 is 29.3 Å². The third-order valence-electron chi connectivity index (χ3n) is 4.38. The number of hydrazone groups is 1. The molecule has 0 aliphatic carbocycles. The van der Waals surface area contributed by atoms with Crippen molar-refractivity contribution in [2.24, 2.45) is 15.1 Å². The first kappa shape index (κ1) is 17.0. The average molecular weight is 368 g/mol. The molecule has 0 bridgehead atoms. The van der Waals surface area contributed by atoms with Gasteiger partial charge in [0.25, 0.3) is 0 Å². The Morgan fingerprint density at radius 1 is 1.15 bits per heavy atom. The summed E-state index contributed by atoms with van der Waals surface area (Å²) in [5.74, 6) is -0.619. The lowest BCUT2D eigenvalue weighted by Crippen LogP contribution is -2.53. The fourth-order valence-electron chi connectivity index (χ4n) is 3.13. The van der Waals surface area contributed by atoms with Crippen LogP contribution >= 0.6 is 0 Å². The van der Waals surface area contributed by atoms with Crippen LogP contribution in [-0.4, -0.2) is 55.0 Å². The van der Waals surface area contributed by atoms with E-state index >= 15 is 0 Å². The van der Waals surface area contributed by atoms with Crippen LogP contribution in [0.25, 0.3) is 0 Å². The minimum Gasteiger partial charge on any atom is -0.351 e. The first-order valence-corrected chi connectivity index (χ1v) is 8.22. The Hall–Kier alpha value is -2.49. The Labute approximate surface area is 146 Å². The molecule has 1 atom stereocenters. The number of rotatable bonds is 0. The number of nitrogens with zero attached hydrogens (tertiary/aromatic N) is 5. The van der Waals surface area contributed by atoms with Gasteiger partial charge in [0, 0.05) is 32.4 Å². The monoisotopic (exact) mass is 368 g/mol. The second-order valence-electron chi connectivity index (χ2n) is 6.23. The fraction of sp³-hybridized carbons (Fsp3) is 0.438. The molecule has 1 fully saturated rings. The predicted octanol–water partition coefficient (Wildman–Crippen LogP) is 2.39. The number of piperazine rings is 1. The van der Waals surface area contributed by atoms with E-state index in [-0.39, 0.29) is 23.3 Å². The lowest BCUT2D eigenvalue weighted by atomic mass is 10.1. The van der Waals surface area contributed by atoms with Gasteiger partial charge in [-0.1, -0.05) is 0 Å². The number of benzene rings is 1. The molecule has 0 spiro atoms. The third kappa shape index (κ3) is 2.74. The summed E-state index contributed by atoms with van der Waals surface area (Å²) >= 11 is 0. The molecule has 1 saturated heterocycles. The summed E-state index contributed by atoms with van der Waals surface area (Å²) < 4.78 is 54.0. The first-order valence-electron chi connectivity index (χ1n) is 8.22. The van der Waals surface area contributed by atoms with E-state index in [0.717, 1.165) is 18.1 Å². The maximum atomic E-state index is 14.7. The molecule has 1 aromatic rings. The maximum absolute atomic E-state index is 14.7. The van der Waals surface area contributed by atoms with Crippen molar-refractivity contribution in [3.8, 4) is 0 Å². The molecule has 0 saturated carbocycles. The number of aliphatic imine (C=N–C) groups is 2. The molecule has 1 N–H and O–H groups in total. The largest absolute Gasteiger partial charge is 0.419 e. The van der Waals surface area contributed by atoms with Crippen molar-refractivity contribution in [2.45, 2.75) is 19.1 Å². The SMILES string of the molecule is CC1C=NN2C(=N1)C(N1CCNCC1)=Nc1ccc(C(F)(F)F)c(F)c12. The second kappa shape index (κ2) is 6.04. The molecule has 0 amide bonds. The second-order valence-corrected chi connectivity index (χ2v) is 6.23. The first-order chi connectivity index (χ1) is 12.4. The van der Waals surface area contributed by atoms with Crippen LogP contribution in [0.1, 0.15) is 12.5 Å². The van der Waals surface area contributed by atoms with Crippen LogP contribution in [0.2, 0.25) is 0 Å². The maximum Gasteiger partial charge on any atom is 0.419 e. The van der Waals surface area contributed by atoms with Crippen LogP contribution in [0.3, 0.4) is 0 Å². The number of hydrogen-bond acceptors (Lipinski definition) is 6. The van der Waals surface area contributed by atoms with E-state index in [1.165, 1.54) is 12.3 Å². The zero-order chi connectivity index (χ0) is 18.5. The molecular formula is C16H16F4N6. The van der Waals surface area contributed by atoms with Crippen molar-refractivity contribution in [1.29, 1.82) is 0 Å². The van der Waals surface area contributed by atoms with Crippen molar-refractivity contribution in [3.05, 3.63) is 23.5 Å². The van der Waals surface area contributed by atoms with Gasteiger partial charge in [0.2, 0.25) is 0 Å². The van der Waals surface area contributed by atoms with E-state index in [4.69, 9.17) is 0 Å². The van der Waals surface area contributed by atoms with Gasteiger partial charge in [-0.05, 0) is 19.1 Å². The Morgan fingerprint density at radius 3 is 2.58 bits per heavy atom. The Bertz CT molecular complexity index is 823. The third-order valence-corrected chi connectivity index (χ3v) is 4.38. The van der Waals surface area contributed by atoms with Crippen LogP contribution in [-0.2, 0) is 6.18 Å². The minimum absolute atomic E-state index is 0.106. The van der Waals surface area contributed by atoms with Crippen LogP contribution in [0, 0.1) is 5.82 Å². The van der Waals surface area contributed by atoms with Crippen LogP contribution in [0.4, 0.5) is 28.9 Å². The van der Waals surface area contributed by atoms with Gasteiger partial charge in [-0.25, -0.2) is 14.4 Å². The molecule has 4 rings (SSSR count). The molecule has 1 aromatic carbocycles. The number of anilines is 1. The van der Waals surface area contributed by atoms with Gasteiger partial charge in [0.15, 0.2) is 17.5 Å². The molecule has 0 aromatic heterocycles. The highest BCUT2D eigenvalue weighted by molar-refractivity contribution is 6.47. The van der Waals surface area contributed by atoms with Crippen LogP contribution < -0.4 is 10.3 Å². The van der Waals surface area contributed by atoms with E-state index in [1.807, 2.05) is 4.90 Å². The highest BCUT2D eigenvalue weighted by Gasteiger charge is 2.40. The molecule has 0 radical (unpaired) electrons. The summed E-state index contributed by atoms with van der Waals surface area (Å²) in [5.41, 5.74) is -1.56. The number of alkyl halides is 3. The highest BCUT2D eigenvalue weighted by Crippen LogP contribution is 2.43. The number of nitrogens with one attached hydrogen (secondary N) is 1. The molecule has 6 nitrogen and oxygen atoms in total. The molecule has 138 valence electrons. The Balaban J connectivity index is 1.88. The summed E-state index contributed by atoms with van der Waals surface area (Å²) in [6, 6.07) is 1.61. The van der Waals surface area contributed by atoms with E-state index < -0.39 is 17.6 Å². The average Bonchev–Trinajstić information content (AvgIpc) is 2.60. The summed E-state index contributed by atoms with van der Waals surface area (Å²) in [4.78, 5) is 10.9. The normalized spacial score (nSPS) is 22.6. The summed E-state index contributed by atoms with van der Waals surface area (Å²) in [5, 5.41) is 8.50. The Morgan fingerprint density at radius 2 is 1.88 bits per heavy atom. The zero-order valence-electron chi connectivity index (χ0n) is 13.9. The molecule has 26 heavy (non-hydrogen) atoms. The quantitative estimate of drug-likeness (QED) is 0.716. The topological polar surface area (TPSA) is 55.6 Å². The van der Waals surface area contributed by atoms with Gasteiger partial charge in [-0.15, -0.1) is 0 Å². The number of fused-ring (bicyclic) bond motifs is 3. The van der Waals surface area contributed by atoms with Crippen molar-refractivity contribution in [2.75, 3.05) is 31.2 Å². The molecule has 10 heteroatoms. The predicted molar refractivity (Wildman–Crippen MR) is 90.8 cm³/mol. The van der Waals surface area contributed by atoms with Crippen LogP contribution in [0.5, 0.6) is 0 Å². The lowest BCUT2D eigenvalue weighted by molar-refractivity contribution is -0.139. The van der Waals surface area contributed by atoms with E-state index in [0.29, 0.717) is 25.0 Å². The Kier molecular flexibility index (Phi) is 3.94. The van der Waals surface area contributed by atoms with Gasteiger partial charge >= 0.3 is 6.18 Å². The fourth-order valence-corrected chi connectivity index (χ4v) is 3.13. The highest BCUT2D eigenvalue weighted by atomic mass is 19.4. The summed E-state index contributed by atoms with van der Waals surface area (Å²) in [6.45, 7) is 4.63. The number of halogens is 4. The van der Waals surface area contributed by atoms with Gasteiger partial charge < -0.3 is 10.2 Å². The van der Waals surface area contributed by atoms with E-state index in [9.17, 15) is 17.6 Å². The molecule has 1 unspecified atom stereocenters. The molecular weight excluding hydrogens is 352 g/mol. The van der Waals surface area contributed by atoms with Crippen molar-refractivity contribution in [1.82, 2.24) is 10.2 Å². The van der Waals surface area contributed by atoms with Gasteiger partial charge in [0.05, 0.1) is 17.3 Å². The molecule has 3 aliphatic heterocycles. The number of amidine groups is 2. The lowest BCUT2D eigenvalue weighted by Gasteiger charge is -2.37. The molecule has 3 heterocycles. The van der Waals surface area contributed by atoms with E-state index in [1.54, 1.807) is 6.92 Å². The van der Waals surface area contributed by atoms with Gasteiger partial charge in [0.1, 0.15) is 5.69 Å². The standard InChI is InChI=1S/C16H16F4N6/c1-9-8-22-26-13-11(3-2-10(12(13)17)16(18,19)20)24-14(15(26)23-9)25-6-4-21-5-7-25/h2-3,8-9,21H,4-7H2,1H3. The minimum atomic E-state index is -4.80.